The lowest BCUT2D eigenvalue weighted by Crippen LogP contribution is -2.14. The molecule has 1 aromatic heterocycles. The highest BCUT2D eigenvalue weighted by Crippen LogP contribution is 2.28. The molecule has 2 nitrogen and oxygen atoms in total. The Bertz CT molecular complexity index is 479. The molecule has 0 saturated carbocycles. The van der Waals surface area contributed by atoms with Crippen molar-refractivity contribution in [2.45, 2.75) is 26.4 Å². The van der Waals surface area contributed by atoms with E-state index in [1.165, 1.54) is 16.9 Å². The van der Waals surface area contributed by atoms with Gasteiger partial charge in [0, 0.05) is 10.9 Å². The van der Waals surface area contributed by atoms with Gasteiger partial charge in [0.1, 0.15) is 10.6 Å². The van der Waals surface area contributed by atoms with E-state index in [0.717, 1.165) is 16.3 Å². The third kappa shape index (κ3) is 2.31. The molecule has 0 aliphatic carbocycles. The summed E-state index contributed by atoms with van der Waals surface area (Å²) < 4.78 is 0. The molecule has 0 aliphatic heterocycles. The molecule has 1 aromatic carbocycles. The third-order valence-electron chi connectivity index (χ3n) is 2.37. The van der Waals surface area contributed by atoms with Crippen molar-refractivity contribution in [3.05, 3.63) is 40.2 Å². The van der Waals surface area contributed by atoms with Gasteiger partial charge in [-0.3, -0.25) is 0 Å². The molecule has 0 spiro atoms. The Morgan fingerprint density at radius 3 is 2.31 bits per heavy atom. The fourth-order valence-electron chi connectivity index (χ4n) is 1.41. The topological polar surface area (TPSA) is 33.1 Å². The molecule has 0 unspecified atom stereocenters. The first-order valence-electron chi connectivity index (χ1n) is 5.22. The first kappa shape index (κ1) is 11.3. The fraction of sp³-hybridized carbons (Fsp3) is 0.308. The van der Waals surface area contributed by atoms with E-state index in [9.17, 15) is 5.11 Å². The minimum Gasteiger partial charge on any atom is -0.383 e. The van der Waals surface area contributed by atoms with Crippen molar-refractivity contribution in [2.24, 2.45) is 0 Å². The van der Waals surface area contributed by atoms with Crippen molar-refractivity contribution in [2.75, 3.05) is 0 Å². The number of aryl methyl sites for hydroxylation is 1. The van der Waals surface area contributed by atoms with E-state index in [1.807, 2.05) is 5.38 Å². The summed E-state index contributed by atoms with van der Waals surface area (Å²) in [5.41, 5.74) is 2.41. The number of thiazole rings is 1. The monoisotopic (exact) mass is 233 g/mol. The van der Waals surface area contributed by atoms with Crippen LogP contribution in [0.5, 0.6) is 0 Å². The SMILES string of the molecule is Cc1ccc(-c2csc(C(C)(C)O)n2)cc1. The standard InChI is InChI=1S/C13H15NOS/c1-9-4-6-10(7-5-9)11-8-16-12(14-11)13(2,3)15/h4-8,15H,1-3H3. The van der Waals surface area contributed by atoms with E-state index in [0.29, 0.717) is 0 Å². The molecule has 16 heavy (non-hydrogen) atoms. The van der Waals surface area contributed by atoms with Crippen LogP contribution in [0.4, 0.5) is 0 Å². The van der Waals surface area contributed by atoms with Crippen molar-refractivity contribution < 1.29 is 5.11 Å². The first-order chi connectivity index (χ1) is 7.47. The van der Waals surface area contributed by atoms with Crippen molar-refractivity contribution in [1.82, 2.24) is 4.98 Å². The quantitative estimate of drug-likeness (QED) is 0.863. The fourth-order valence-corrected chi connectivity index (χ4v) is 2.26. The molecular weight excluding hydrogens is 218 g/mol. The summed E-state index contributed by atoms with van der Waals surface area (Å²) in [6, 6.07) is 8.24. The summed E-state index contributed by atoms with van der Waals surface area (Å²) in [6.07, 6.45) is 0. The van der Waals surface area contributed by atoms with Gasteiger partial charge in [0.05, 0.1) is 5.69 Å². The molecule has 1 N–H and O–H groups in total. The largest absolute Gasteiger partial charge is 0.383 e. The van der Waals surface area contributed by atoms with Crippen LogP contribution in [-0.2, 0) is 5.60 Å². The summed E-state index contributed by atoms with van der Waals surface area (Å²) in [5, 5.41) is 12.6. The number of aromatic nitrogens is 1. The Morgan fingerprint density at radius 1 is 1.19 bits per heavy atom. The van der Waals surface area contributed by atoms with Gasteiger partial charge in [-0.2, -0.15) is 0 Å². The van der Waals surface area contributed by atoms with E-state index in [1.54, 1.807) is 13.8 Å². The number of rotatable bonds is 2. The minimum atomic E-state index is -0.854. The Kier molecular flexibility index (Phi) is 2.82. The average molecular weight is 233 g/mol. The Labute approximate surface area is 99.6 Å². The molecule has 84 valence electrons. The highest BCUT2D eigenvalue weighted by atomic mass is 32.1. The van der Waals surface area contributed by atoms with Gasteiger partial charge < -0.3 is 5.11 Å². The second-order valence-electron chi connectivity index (χ2n) is 4.46. The molecule has 2 rings (SSSR count). The molecule has 0 atom stereocenters. The van der Waals surface area contributed by atoms with Gasteiger partial charge in [0.25, 0.3) is 0 Å². The lowest BCUT2D eigenvalue weighted by molar-refractivity contribution is 0.0783. The molecule has 0 aliphatic rings. The maximum atomic E-state index is 9.84. The van der Waals surface area contributed by atoms with Crippen LogP contribution in [0.25, 0.3) is 11.3 Å². The van der Waals surface area contributed by atoms with Crippen LogP contribution in [0.15, 0.2) is 29.6 Å². The maximum Gasteiger partial charge on any atom is 0.124 e. The number of hydrogen-bond acceptors (Lipinski definition) is 3. The number of aliphatic hydroxyl groups is 1. The Morgan fingerprint density at radius 2 is 1.81 bits per heavy atom. The van der Waals surface area contributed by atoms with Crippen molar-refractivity contribution >= 4 is 11.3 Å². The predicted molar refractivity (Wildman–Crippen MR) is 67.5 cm³/mol. The molecule has 0 fully saturated rings. The molecule has 1 heterocycles. The van der Waals surface area contributed by atoms with E-state index in [4.69, 9.17) is 0 Å². The molecule has 0 bridgehead atoms. The zero-order valence-electron chi connectivity index (χ0n) is 9.69. The number of benzene rings is 1. The summed E-state index contributed by atoms with van der Waals surface area (Å²) in [6.45, 7) is 5.57. The van der Waals surface area contributed by atoms with Crippen LogP contribution in [-0.4, -0.2) is 10.1 Å². The average Bonchev–Trinajstić information content (AvgIpc) is 2.67. The van der Waals surface area contributed by atoms with Gasteiger partial charge in [0.2, 0.25) is 0 Å². The van der Waals surface area contributed by atoms with Gasteiger partial charge in [-0.05, 0) is 20.8 Å². The Hall–Kier alpha value is -1.19. The summed E-state index contributed by atoms with van der Waals surface area (Å²) in [5.74, 6) is 0. The minimum absolute atomic E-state index is 0.753. The second-order valence-corrected chi connectivity index (χ2v) is 5.32. The van der Waals surface area contributed by atoms with Crippen LogP contribution >= 0.6 is 11.3 Å². The van der Waals surface area contributed by atoms with Crippen molar-refractivity contribution in [3.63, 3.8) is 0 Å². The van der Waals surface area contributed by atoms with Crippen LogP contribution in [0.1, 0.15) is 24.4 Å². The third-order valence-corrected chi connectivity index (χ3v) is 3.53. The van der Waals surface area contributed by atoms with Gasteiger partial charge in [-0.15, -0.1) is 11.3 Å². The van der Waals surface area contributed by atoms with Gasteiger partial charge in [0.15, 0.2) is 0 Å². The van der Waals surface area contributed by atoms with Gasteiger partial charge in [-0.25, -0.2) is 4.98 Å². The highest BCUT2D eigenvalue weighted by molar-refractivity contribution is 7.10. The van der Waals surface area contributed by atoms with Crippen LogP contribution in [0.3, 0.4) is 0 Å². The lowest BCUT2D eigenvalue weighted by atomic mass is 10.1. The van der Waals surface area contributed by atoms with E-state index in [2.05, 4.69) is 36.2 Å². The maximum absolute atomic E-state index is 9.84. The summed E-state index contributed by atoms with van der Waals surface area (Å²) in [4.78, 5) is 4.45. The first-order valence-corrected chi connectivity index (χ1v) is 6.10. The molecular formula is C13H15NOS. The number of nitrogens with zero attached hydrogens (tertiary/aromatic N) is 1. The van der Waals surface area contributed by atoms with E-state index in [-0.39, 0.29) is 0 Å². The zero-order chi connectivity index (χ0) is 11.8. The molecule has 0 radical (unpaired) electrons. The van der Waals surface area contributed by atoms with Crippen molar-refractivity contribution in [1.29, 1.82) is 0 Å². The number of hydrogen-bond donors (Lipinski definition) is 1. The van der Waals surface area contributed by atoms with Crippen LogP contribution in [0, 0.1) is 6.92 Å². The molecule has 0 saturated heterocycles. The van der Waals surface area contributed by atoms with Crippen LogP contribution in [0.2, 0.25) is 0 Å². The molecule has 0 amide bonds. The Balaban J connectivity index is 2.35. The second kappa shape index (κ2) is 4.00. The van der Waals surface area contributed by atoms with Gasteiger partial charge >= 0.3 is 0 Å². The van der Waals surface area contributed by atoms with Crippen molar-refractivity contribution in [3.8, 4) is 11.3 Å². The normalized spacial score (nSPS) is 11.8. The summed E-state index contributed by atoms with van der Waals surface area (Å²) >= 11 is 1.49. The highest BCUT2D eigenvalue weighted by Gasteiger charge is 2.20. The zero-order valence-corrected chi connectivity index (χ0v) is 10.5. The van der Waals surface area contributed by atoms with Crippen LogP contribution < -0.4 is 0 Å². The lowest BCUT2D eigenvalue weighted by Gasteiger charge is -2.12. The van der Waals surface area contributed by atoms with E-state index < -0.39 is 5.60 Å². The molecule has 2 aromatic rings. The summed E-state index contributed by atoms with van der Waals surface area (Å²) in [7, 11) is 0. The van der Waals surface area contributed by atoms with Gasteiger partial charge in [-0.1, -0.05) is 29.8 Å². The van der Waals surface area contributed by atoms with E-state index >= 15 is 0 Å². The smallest absolute Gasteiger partial charge is 0.124 e. The predicted octanol–water partition coefficient (Wildman–Crippen LogP) is 3.35. The molecule has 3 heteroatoms.